The van der Waals surface area contributed by atoms with Gasteiger partial charge in [0.05, 0.1) is 30.4 Å². The normalized spacial score (nSPS) is 22.2. The maximum absolute atomic E-state index is 13.3. The lowest BCUT2D eigenvalue weighted by atomic mass is 9.73. The molecule has 0 N–H and O–H groups in total. The predicted molar refractivity (Wildman–Crippen MR) is 145 cm³/mol. The van der Waals surface area contributed by atoms with Crippen molar-refractivity contribution in [3.63, 3.8) is 0 Å². The minimum Gasteiger partial charge on any atom is -0.497 e. The van der Waals surface area contributed by atoms with E-state index in [1.807, 2.05) is 32.9 Å². The van der Waals surface area contributed by atoms with Gasteiger partial charge in [-0.25, -0.2) is 8.42 Å². The topological polar surface area (TPSA) is 68.2 Å². The highest BCUT2D eigenvalue weighted by molar-refractivity contribution is 7.89. The molecule has 0 saturated heterocycles. The molecule has 2 atom stereocenters. The van der Waals surface area contributed by atoms with Gasteiger partial charge >= 0.3 is 0 Å². The van der Waals surface area contributed by atoms with Crippen LogP contribution in [0.4, 0.5) is 0 Å². The van der Waals surface area contributed by atoms with Gasteiger partial charge in [0.15, 0.2) is 5.76 Å². The highest BCUT2D eigenvalue weighted by Gasteiger charge is 2.37. The summed E-state index contributed by atoms with van der Waals surface area (Å²) in [6, 6.07) is 7.55. The fourth-order valence-electron chi connectivity index (χ4n) is 5.59. The molecule has 1 heterocycles. The first-order chi connectivity index (χ1) is 17.4. The summed E-state index contributed by atoms with van der Waals surface area (Å²) in [7, 11) is -1.82. The molecule has 3 aliphatic rings. The van der Waals surface area contributed by atoms with Crippen molar-refractivity contribution >= 4 is 15.7 Å². The molecule has 0 radical (unpaired) electrons. The number of hydrogen-bond donors (Lipinski definition) is 0. The molecule has 2 aliphatic carbocycles. The molecule has 1 aromatic carbocycles. The third kappa shape index (κ3) is 5.32. The Morgan fingerprint density at radius 1 is 1.03 bits per heavy atom. The van der Waals surface area contributed by atoms with Gasteiger partial charge in [-0.1, -0.05) is 44.9 Å². The molecule has 196 valence electrons. The Balaban J connectivity index is 1.73. The van der Waals surface area contributed by atoms with Gasteiger partial charge in [0, 0.05) is 36.6 Å². The molecule has 0 spiro atoms. The molecule has 1 fully saturated rings. The molecule has 36 heavy (non-hydrogen) atoms. The van der Waals surface area contributed by atoms with Crippen LogP contribution in [0.3, 0.4) is 0 Å². The molecular weight excluding hydrogens is 472 g/mol. The van der Waals surface area contributed by atoms with E-state index in [0.29, 0.717) is 36.9 Å². The van der Waals surface area contributed by atoms with Crippen molar-refractivity contribution in [2.75, 3.05) is 26.8 Å². The van der Waals surface area contributed by atoms with Crippen LogP contribution in [-0.4, -0.2) is 51.3 Å². The number of ether oxygens (including phenoxy) is 2. The van der Waals surface area contributed by atoms with Gasteiger partial charge in [-0.05, 0) is 56.4 Å². The summed E-state index contributed by atoms with van der Waals surface area (Å²) in [5.41, 5.74) is 4.29. The SMILES string of the molecule is CCCN(CCC)S(=O)(=O)c1ccc(C2=NC3CCCCC3C3=CC(OCC)=C(OC)CC=C32)cc1. The standard InChI is InChI=1S/C29H40N2O4S/c1-5-18-31(19-6-2)36(32,33)22-14-12-21(13-15-22)29-24-16-17-27(34-4)28(35-7-3)20-25(24)23-10-8-9-11-26(23)30-29/h12-16,20,23,26H,5-11,17-19H2,1-4H3. The van der Waals surface area contributed by atoms with Crippen molar-refractivity contribution < 1.29 is 17.9 Å². The number of sulfonamides is 1. The largest absolute Gasteiger partial charge is 0.497 e. The summed E-state index contributed by atoms with van der Waals surface area (Å²) in [5.74, 6) is 2.00. The van der Waals surface area contributed by atoms with Crippen LogP contribution in [0.5, 0.6) is 0 Å². The van der Waals surface area contributed by atoms with Crippen molar-refractivity contribution in [3.8, 4) is 0 Å². The van der Waals surface area contributed by atoms with Crippen LogP contribution in [0.1, 0.15) is 71.3 Å². The molecule has 4 rings (SSSR count). The van der Waals surface area contributed by atoms with Crippen molar-refractivity contribution in [1.82, 2.24) is 4.31 Å². The first-order valence-electron chi connectivity index (χ1n) is 13.4. The molecule has 0 aromatic heterocycles. The Kier molecular flexibility index (Phi) is 8.73. The fourth-order valence-corrected chi connectivity index (χ4v) is 7.22. The van der Waals surface area contributed by atoms with Gasteiger partial charge in [-0.2, -0.15) is 4.31 Å². The number of nitrogens with zero attached hydrogens (tertiary/aromatic N) is 2. The average Bonchev–Trinajstić information content (AvgIpc) is 3.08. The smallest absolute Gasteiger partial charge is 0.243 e. The molecule has 0 bridgehead atoms. The second-order valence-corrected chi connectivity index (χ2v) is 11.6. The summed E-state index contributed by atoms with van der Waals surface area (Å²) >= 11 is 0. The number of allylic oxidation sites excluding steroid dienone is 3. The van der Waals surface area contributed by atoms with E-state index in [0.717, 1.165) is 54.0 Å². The number of fused-ring (bicyclic) bond motifs is 3. The molecule has 2 unspecified atom stereocenters. The molecule has 1 aromatic rings. The Bertz CT molecular complexity index is 1160. The monoisotopic (exact) mass is 512 g/mol. The van der Waals surface area contributed by atoms with Crippen LogP contribution in [-0.2, 0) is 19.5 Å². The zero-order valence-electron chi connectivity index (χ0n) is 22.1. The van der Waals surface area contributed by atoms with E-state index >= 15 is 0 Å². The minimum atomic E-state index is -3.52. The quantitative estimate of drug-likeness (QED) is 0.385. The molecular formula is C29H40N2O4S. The third-order valence-corrected chi connectivity index (χ3v) is 9.21. The Labute approximate surface area is 216 Å². The van der Waals surface area contributed by atoms with E-state index < -0.39 is 10.0 Å². The maximum atomic E-state index is 13.3. The van der Waals surface area contributed by atoms with E-state index in [9.17, 15) is 8.42 Å². The van der Waals surface area contributed by atoms with Crippen LogP contribution in [0.25, 0.3) is 0 Å². The highest BCUT2D eigenvalue weighted by atomic mass is 32.2. The van der Waals surface area contributed by atoms with E-state index in [-0.39, 0.29) is 6.04 Å². The van der Waals surface area contributed by atoms with Crippen molar-refractivity contribution in [2.45, 2.75) is 76.7 Å². The number of methoxy groups -OCH3 is 1. The summed E-state index contributed by atoms with van der Waals surface area (Å²) < 4.78 is 39.8. The summed E-state index contributed by atoms with van der Waals surface area (Å²) in [5, 5.41) is 0. The van der Waals surface area contributed by atoms with Gasteiger partial charge in [-0.3, -0.25) is 4.99 Å². The van der Waals surface area contributed by atoms with Crippen LogP contribution in [0, 0.1) is 5.92 Å². The third-order valence-electron chi connectivity index (χ3n) is 7.30. The number of benzene rings is 1. The number of rotatable bonds is 10. The second kappa shape index (κ2) is 11.8. The minimum absolute atomic E-state index is 0.233. The molecule has 6 nitrogen and oxygen atoms in total. The molecule has 0 amide bonds. The second-order valence-electron chi connectivity index (χ2n) is 9.71. The van der Waals surface area contributed by atoms with E-state index in [1.54, 1.807) is 23.5 Å². The maximum Gasteiger partial charge on any atom is 0.243 e. The van der Waals surface area contributed by atoms with Crippen LogP contribution in [0.15, 0.2) is 69.0 Å². The van der Waals surface area contributed by atoms with Crippen LogP contribution < -0.4 is 0 Å². The molecule has 7 heteroatoms. The number of aliphatic imine (C=N–C) groups is 1. The van der Waals surface area contributed by atoms with E-state index in [4.69, 9.17) is 14.5 Å². The fraction of sp³-hybridized carbons (Fsp3) is 0.552. The van der Waals surface area contributed by atoms with Gasteiger partial charge in [0.1, 0.15) is 5.76 Å². The van der Waals surface area contributed by atoms with Gasteiger partial charge in [-0.15, -0.1) is 0 Å². The molecule has 1 saturated carbocycles. The van der Waals surface area contributed by atoms with Crippen molar-refractivity contribution in [1.29, 1.82) is 0 Å². The zero-order valence-corrected chi connectivity index (χ0v) is 22.9. The lowest BCUT2D eigenvalue weighted by molar-refractivity contribution is 0.195. The molecule has 1 aliphatic heterocycles. The predicted octanol–water partition coefficient (Wildman–Crippen LogP) is 6.01. The van der Waals surface area contributed by atoms with E-state index in [1.165, 1.54) is 18.4 Å². The summed E-state index contributed by atoms with van der Waals surface area (Å²) in [4.78, 5) is 5.60. The average molecular weight is 513 g/mol. The Morgan fingerprint density at radius 2 is 1.72 bits per heavy atom. The highest BCUT2D eigenvalue weighted by Crippen LogP contribution is 2.43. The van der Waals surface area contributed by atoms with Gasteiger partial charge < -0.3 is 9.47 Å². The van der Waals surface area contributed by atoms with Crippen LogP contribution in [0.2, 0.25) is 0 Å². The summed E-state index contributed by atoms with van der Waals surface area (Å²) in [6.45, 7) is 7.66. The van der Waals surface area contributed by atoms with E-state index in [2.05, 4.69) is 12.2 Å². The van der Waals surface area contributed by atoms with Crippen molar-refractivity contribution in [2.24, 2.45) is 10.9 Å². The van der Waals surface area contributed by atoms with Crippen LogP contribution >= 0.6 is 0 Å². The first-order valence-corrected chi connectivity index (χ1v) is 14.9. The Hall–Kier alpha value is -2.38. The van der Waals surface area contributed by atoms with Gasteiger partial charge in [0.2, 0.25) is 10.0 Å². The van der Waals surface area contributed by atoms with Gasteiger partial charge in [0.25, 0.3) is 0 Å². The number of hydrogen-bond acceptors (Lipinski definition) is 5. The lowest BCUT2D eigenvalue weighted by Crippen LogP contribution is -2.33. The summed E-state index contributed by atoms with van der Waals surface area (Å²) in [6.07, 6.45) is 11.2. The van der Waals surface area contributed by atoms with Crippen molar-refractivity contribution in [3.05, 3.63) is 64.6 Å². The Morgan fingerprint density at radius 3 is 2.36 bits per heavy atom. The lowest BCUT2D eigenvalue weighted by Gasteiger charge is -2.37. The zero-order chi connectivity index (χ0) is 25.7. The first kappa shape index (κ1) is 26.7.